The standard InChI is InChI=1S/C24H26F2N2O3S/c1-32(30,31)27-22-10-9-14-12-28(13-19(14)22)24(29)18-11-17(18)15-5-2-3-6-16(15)23-20(25)7-4-8-21(23)26/h2-8,14,17-19,22,27H,9-13H2,1H3. The molecule has 0 radical (unpaired) electrons. The minimum Gasteiger partial charge on any atom is -0.342 e. The molecule has 1 N–H and O–H groups in total. The molecule has 3 aliphatic rings. The van der Waals surface area contributed by atoms with Gasteiger partial charge in [0.05, 0.1) is 11.8 Å². The number of amides is 1. The maximum absolute atomic E-state index is 14.4. The first-order chi connectivity index (χ1) is 15.2. The fourth-order valence-corrected chi connectivity index (χ4v) is 6.56. The summed E-state index contributed by atoms with van der Waals surface area (Å²) in [7, 11) is -3.29. The number of fused-ring (bicyclic) bond motifs is 1. The summed E-state index contributed by atoms with van der Waals surface area (Å²) in [6, 6.07) is 10.9. The predicted molar refractivity (Wildman–Crippen MR) is 117 cm³/mol. The Kier molecular flexibility index (Phi) is 5.33. The van der Waals surface area contributed by atoms with Crippen LogP contribution in [-0.4, -0.2) is 44.6 Å². The molecule has 1 aliphatic heterocycles. The van der Waals surface area contributed by atoms with Crippen LogP contribution in [0, 0.1) is 29.4 Å². The number of nitrogens with zero attached hydrogens (tertiary/aromatic N) is 1. The second kappa shape index (κ2) is 7.92. The van der Waals surface area contributed by atoms with Crippen LogP contribution in [0.2, 0.25) is 0 Å². The Morgan fingerprint density at radius 2 is 1.75 bits per heavy atom. The topological polar surface area (TPSA) is 66.5 Å². The average Bonchev–Trinajstić information content (AvgIpc) is 3.28. The number of halogens is 2. The second-order valence-corrected chi connectivity index (χ2v) is 11.2. The first-order valence-corrected chi connectivity index (χ1v) is 12.9. The number of carbonyl (C=O) groups is 1. The van der Waals surface area contributed by atoms with Crippen molar-refractivity contribution in [2.75, 3.05) is 19.3 Å². The largest absolute Gasteiger partial charge is 0.342 e. The van der Waals surface area contributed by atoms with Gasteiger partial charge in [0.2, 0.25) is 15.9 Å². The van der Waals surface area contributed by atoms with Gasteiger partial charge < -0.3 is 4.90 Å². The van der Waals surface area contributed by atoms with Crippen molar-refractivity contribution in [1.82, 2.24) is 9.62 Å². The summed E-state index contributed by atoms with van der Waals surface area (Å²) in [5.74, 6) is -0.975. The van der Waals surface area contributed by atoms with Gasteiger partial charge in [0.25, 0.3) is 0 Å². The Balaban J connectivity index is 1.32. The smallest absolute Gasteiger partial charge is 0.226 e. The van der Waals surface area contributed by atoms with Gasteiger partial charge in [-0.3, -0.25) is 4.79 Å². The van der Waals surface area contributed by atoms with Gasteiger partial charge in [0.15, 0.2) is 0 Å². The number of rotatable bonds is 5. The molecule has 32 heavy (non-hydrogen) atoms. The second-order valence-electron chi connectivity index (χ2n) is 9.37. The fourth-order valence-electron chi connectivity index (χ4n) is 5.72. The minimum absolute atomic E-state index is 0.0494. The number of carbonyl (C=O) groups excluding carboxylic acids is 1. The Bertz CT molecular complexity index is 1150. The molecule has 2 aromatic carbocycles. The van der Waals surface area contributed by atoms with Crippen molar-refractivity contribution in [2.45, 2.75) is 31.2 Å². The lowest BCUT2D eigenvalue weighted by Gasteiger charge is -2.21. The zero-order chi connectivity index (χ0) is 22.6. The van der Waals surface area contributed by atoms with E-state index in [1.807, 2.05) is 17.0 Å². The molecule has 5 nitrogen and oxygen atoms in total. The minimum atomic E-state index is -3.29. The van der Waals surface area contributed by atoms with Crippen molar-refractivity contribution < 1.29 is 22.0 Å². The molecule has 0 aromatic heterocycles. The lowest BCUT2D eigenvalue weighted by atomic mass is 9.95. The summed E-state index contributed by atoms with van der Waals surface area (Å²) in [6.45, 7) is 1.21. The van der Waals surface area contributed by atoms with E-state index in [-0.39, 0.29) is 35.3 Å². The molecule has 8 heteroatoms. The summed E-state index contributed by atoms with van der Waals surface area (Å²) in [6.07, 6.45) is 3.54. The molecule has 1 saturated heterocycles. The Hall–Kier alpha value is -2.32. The first kappa shape index (κ1) is 21.5. The van der Waals surface area contributed by atoms with E-state index < -0.39 is 21.7 Å². The van der Waals surface area contributed by atoms with E-state index in [1.54, 1.807) is 12.1 Å². The highest BCUT2D eigenvalue weighted by Crippen LogP contribution is 2.52. The van der Waals surface area contributed by atoms with Crippen LogP contribution >= 0.6 is 0 Å². The number of sulfonamides is 1. The molecule has 5 unspecified atom stereocenters. The third-order valence-electron chi connectivity index (χ3n) is 7.23. The molecule has 2 aromatic rings. The van der Waals surface area contributed by atoms with E-state index >= 15 is 0 Å². The molecule has 2 saturated carbocycles. The molecule has 1 heterocycles. The molecule has 2 aliphatic carbocycles. The fraction of sp³-hybridized carbons (Fsp3) is 0.458. The number of hydrogen-bond acceptors (Lipinski definition) is 3. The maximum atomic E-state index is 14.4. The molecule has 0 bridgehead atoms. The number of hydrogen-bond donors (Lipinski definition) is 1. The summed E-state index contributed by atoms with van der Waals surface area (Å²) in [4.78, 5) is 15.1. The lowest BCUT2D eigenvalue weighted by Crippen LogP contribution is -2.40. The lowest BCUT2D eigenvalue weighted by molar-refractivity contribution is -0.131. The van der Waals surface area contributed by atoms with E-state index in [1.165, 1.54) is 24.5 Å². The quantitative estimate of drug-likeness (QED) is 0.743. The molecule has 5 atom stereocenters. The van der Waals surface area contributed by atoms with Crippen molar-refractivity contribution in [1.29, 1.82) is 0 Å². The van der Waals surface area contributed by atoms with Crippen LogP contribution < -0.4 is 4.72 Å². The van der Waals surface area contributed by atoms with Crippen molar-refractivity contribution in [3.63, 3.8) is 0 Å². The van der Waals surface area contributed by atoms with Crippen LogP contribution in [0.25, 0.3) is 11.1 Å². The number of nitrogens with one attached hydrogen (secondary N) is 1. The van der Waals surface area contributed by atoms with Gasteiger partial charge in [-0.05, 0) is 60.3 Å². The van der Waals surface area contributed by atoms with Gasteiger partial charge in [0, 0.05) is 25.0 Å². The molecular formula is C24H26F2N2O3S. The summed E-state index contributed by atoms with van der Waals surface area (Å²) >= 11 is 0. The Morgan fingerprint density at radius 3 is 2.47 bits per heavy atom. The van der Waals surface area contributed by atoms with Crippen molar-refractivity contribution in [3.05, 3.63) is 59.7 Å². The molecule has 1 amide bonds. The van der Waals surface area contributed by atoms with Gasteiger partial charge in [-0.2, -0.15) is 0 Å². The third-order valence-corrected chi connectivity index (χ3v) is 7.96. The Labute approximate surface area is 186 Å². The van der Waals surface area contributed by atoms with Gasteiger partial charge in [0.1, 0.15) is 11.6 Å². The highest BCUT2D eigenvalue weighted by Gasteiger charge is 2.51. The van der Waals surface area contributed by atoms with Crippen molar-refractivity contribution >= 4 is 15.9 Å². The summed E-state index contributed by atoms with van der Waals surface area (Å²) in [5.41, 5.74) is 1.25. The zero-order valence-corrected chi connectivity index (χ0v) is 18.6. The first-order valence-electron chi connectivity index (χ1n) is 11.0. The maximum Gasteiger partial charge on any atom is 0.226 e. The molecule has 0 spiro atoms. The van der Waals surface area contributed by atoms with Crippen LogP contribution in [0.3, 0.4) is 0 Å². The monoisotopic (exact) mass is 460 g/mol. The predicted octanol–water partition coefficient (Wildman–Crippen LogP) is 3.52. The van der Waals surface area contributed by atoms with Crippen LogP contribution in [0.4, 0.5) is 8.78 Å². The zero-order valence-electron chi connectivity index (χ0n) is 17.8. The van der Waals surface area contributed by atoms with Crippen LogP contribution in [0.1, 0.15) is 30.7 Å². The number of benzene rings is 2. The van der Waals surface area contributed by atoms with Gasteiger partial charge in [-0.15, -0.1) is 0 Å². The van der Waals surface area contributed by atoms with E-state index in [0.717, 1.165) is 18.4 Å². The van der Waals surface area contributed by atoms with Crippen molar-refractivity contribution in [2.24, 2.45) is 17.8 Å². The molecular weight excluding hydrogens is 434 g/mol. The highest BCUT2D eigenvalue weighted by molar-refractivity contribution is 7.88. The van der Waals surface area contributed by atoms with Gasteiger partial charge in [-0.1, -0.05) is 30.3 Å². The van der Waals surface area contributed by atoms with Gasteiger partial charge in [-0.25, -0.2) is 21.9 Å². The number of likely N-dealkylation sites (tertiary alicyclic amines) is 1. The molecule has 5 rings (SSSR count). The van der Waals surface area contributed by atoms with Gasteiger partial charge >= 0.3 is 0 Å². The Morgan fingerprint density at radius 1 is 1.03 bits per heavy atom. The SMILES string of the molecule is CS(=O)(=O)NC1CCC2CN(C(=O)C3CC3c3ccccc3-c3c(F)cccc3F)CC21. The van der Waals surface area contributed by atoms with Crippen LogP contribution in [0.5, 0.6) is 0 Å². The van der Waals surface area contributed by atoms with E-state index in [4.69, 9.17) is 0 Å². The summed E-state index contributed by atoms with van der Waals surface area (Å²) < 4.78 is 54.9. The third kappa shape index (κ3) is 3.94. The molecule has 170 valence electrons. The van der Waals surface area contributed by atoms with E-state index in [2.05, 4.69) is 4.72 Å². The van der Waals surface area contributed by atoms with Crippen LogP contribution in [-0.2, 0) is 14.8 Å². The van der Waals surface area contributed by atoms with E-state index in [0.29, 0.717) is 31.0 Å². The average molecular weight is 461 g/mol. The van der Waals surface area contributed by atoms with E-state index in [9.17, 15) is 22.0 Å². The normalized spacial score (nSPS) is 29.2. The summed E-state index contributed by atoms with van der Waals surface area (Å²) in [5, 5.41) is 0. The highest BCUT2D eigenvalue weighted by atomic mass is 32.2. The molecule has 3 fully saturated rings. The van der Waals surface area contributed by atoms with Crippen molar-refractivity contribution in [3.8, 4) is 11.1 Å². The van der Waals surface area contributed by atoms with Crippen LogP contribution in [0.15, 0.2) is 42.5 Å².